The fourth-order valence-corrected chi connectivity index (χ4v) is 4.28. The maximum Gasteiger partial charge on any atom is 0.340 e. The molecule has 1 spiro atoms. The van der Waals surface area contributed by atoms with Gasteiger partial charge in [0.25, 0.3) is 0 Å². The molecule has 0 saturated heterocycles. The number of carbonyl (C=O) groups excluding carboxylic acids is 2. The van der Waals surface area contributed by atoms with Crippen molar-refractivity contribution in [3.05, 3.63) is 82.4 Å². The molecule has 1 unspecified atom stereocenters. The zero-order chi connectivity index (χ0) is 21.8. The third-order valence-corrected chi connectivity index (χ3v) is 5.52. The van der Waals surface area contributed by atoms with Crippen LogP contribution in [0.15, 0.2) is 54.6 Å². The minimum absolute atomic E-state index is 0.0226. The van der Waals surface area contributed by atoms with Gasteiger partial charge in [0, 0.05) is 29.8 Å². The zero-order valence-electron chi connectivity index (χ0n) is 16.2. The molecule has 1 amide bonds. The van der Waals surface area contributed by atoms with Gasteiger partial charge in [-0.25, -0.2) is 4.79 Å². The molecule has 2 aliphatic rings. The molecule has 3 aromatic rings. The molecule has 1 atom stereocenters. The summed E-state index contributed by atoms with van der Waals surface area (Å²) in [6.45, 7) is -0.159. The molecule has 0 radical (unpaired) electrons. The van der Waals surface area contributed by atoms with E-state index >= 15 is 0 Å². The Labute approximate surface area is 176 Å². The molecule has 2 heterocycles. The first-order valence-electron chi connectivity index (χ1n) is 9.61. The molecular weight excluding hydrogens is 400 g/mol. The van der Waals surface area contributed by atoms with Crippen LogP contribution in [0.25, 0.3) is 0 Å². The highest BCUT2D eigenvalue weighted by Gasteiger charge is 2.54. The van der Waals surface area contributed by atoms with E-state index in [-0.39, 0.29) is 36.2 Å². The summed E-state index contributed by atoms with van der Waals surface area (Å²) in [5.41, 5.74) is 6.54. The van der Waals surface area contributed by atoms with Crippen LogP contribution in [0.1, 0.15) is 32.6 Å². The number of phenolic OH excluding ortho intramolecular Hbond substituents is 2. The number of hydrogen-bond acceptors (Lipinski definition) is 7. The molecule has 0 bridgehead atoms. The molecule has 5 N–H and O–H groups in total. The van der Waals surface area contributed by atoms with Crippen molar-refractivity contribution in [1.29, 1.82) is 0 Å². The maximum absolute atomic E-state index is 12.9. The predicted molar refractivity (Wildman–Crippen MR) is 109 cm³/mol. The number of hydrogen-bond donors (Lipinski definition) is 4. The Hall–Kier alpha value is -4.04. The predicted octanol–water partition coefficient (Wildman–Crippen LogP) is 2.24. The summed E-state index contributed by atoms with van der Waals surface area (Å²) < 4.78 is 12.0. The third kappa shape index (κ3) is 2.72. The number of aromatic hydroxyl groups is 2. The summed E-state index contributed by atoms with van der Waals surface area (Å²) in [4.78, 5) is 24.7. The Bertz CT molecular complexity index is 1250. The van der Waals surface area contributed by atoms with E-state index in [1.807, 2.05) is 0 Å². The van der Waals surface area contributed by atoms with Gasteiger partial charge < -0.3 is 30.7 Å². The van der Waals surface area contributed by atoms with E-state index in [1.165, 1.54) is 24.3 Å². The molecule has 5 rings (SSSR count). The first kappa shape index (κ1) is 19.0. The van der Waals surface area contributed by atoms with Crippen LogP contribution in [0, 0.1) is 0 Å². The molecule has 156 valence electrons. The number of fused-ring (bicyclic) bond motifs is 6. The lowest BCUT2D eigenvalue weighted by atomic mass is 9.75. The minimum Gasteiger partial charge on any atom is -0.508 e. The van der Waals surface area contributed by atoms with Crippen molar-refractivity contribution in [1.82, 2.24) is 5.32 Å². The van der Waals surface area contributed by atoms with Crippen LogP contribution < -0.4 is 15.8 Å². The largest absolute Gasteiger partial charge is 0.508 e. The van der Waals surface area contributed by atoms with Crippen molar-refractivity contribution in [3.8, 4) is 23.0 Å². The van der Waals surface area contributed by atoms with Gasteiger partial charge in [-0.3, -0.25) is 4.79 Å². The Morgan fingerprint density at radius 1 is 1.00 bits per heavy atom. The number of esters is 1. The standard InChI is InChI=1S/C23H18N2O6/c24-10-20(28)25-11-12-7-14(27)9-19-21(12)23(17-6-5-13(26)8-18(17)30-19)16-4-2-1-3-15(16)22(29)31-23/h1-9,26-27H,10-11,24H2,(H,25,28). The van der Waals surface area contributed by atoms with E-state index in [9.17, 15) is 19.8 Å². The third-order valence-electron chi connectivity index (χ3n) is 5.52. The van der Waals surface area contributed by atoms with Crippen LogP contribution in [0.4, 0.5) is 0 Å². The monoisotopic (exact) mass is 418 g/mol. The van der Waals surface area contributed by atoms with E-state index in [2.05, 4.69) is 5.32 Å². The number of ether oxygens (including phenoxy) is 2. The molecule has 3 aromatic carbocycles. The van der Waals surface area contributed by atoms with Crippen LogP contribution in [-0.4, -0.2) is 28.6 Å². The number of nitrogens with two attached hydrogens (primary N) is 1. The second-order valence-corrected chi connectivity index (χ2v) is 7.36. The van der Waals surface area contributed by atoms with E-state index in [0.717, 1.165) is 0 Å². The second kappa shape index (κ2) is 6.75. The number of carbonyl (C=O) groups is 2. The Morgan fingerprint density at radius 2 is 1.77 bits per heavy atom. The lowest BCUT2D eigenvalue weighted by Gasteiger charge is -2.38. The quantitative estimate of drug-likeness (QED) is 0.480. The molecule has 0 aromatic heterocycles. The molecule has 8 nitrogen and oxygen atoms in total. The maximum atomic E-state index is 12.9. The van der Waals surface area contributed by atoms with Gasteiger partial charge in [-0.05, 0) is 29.8 Å². The molecule has 0 saturated carbocycles. The normalized spacial score (nSPS) is 17.9. The van der Waals surface area contributed by atoms with Crippen LogP contribution >= 0.6 is 0 Å². The van der Waals surface area contributed by atoms with E-state index in [0.29, 0.717) is 33.6 Å². The van der Waals surface area contributed by atoms with E-state index in [4.69, 9.17) is 15.2 Å². The number of rotatable bonds is 3. The summed E-state index contributed by atoms with van der Waals surface area (Å²) >= 11 is 0. The van der Waals surface area contributed by atoms with Crippen LogP contribution in [-0.2, 0) is 21.7 Å². The summed E-state index contributed by atoms with van der Waals surface area (Å²) in [5, 5.41) is 23.0. The van der Waals surface area contributed by atoms with Gasteiger partial charge in [0.1, 0.15) is 23.0 Å². The van der Waals surface area contributed by atoms with Crippen LogP contribution in [0.3, 0.4) is 0 Å². The number of benzene rings is 3. The van der Waals surface area contributed by atoms with Crippen molar-refractivity contribution in [2.24, 2.45) is 5.73 Å². The highest BCUT2D eigenvalue weighted by molar-refractivity contribution is 5.97. The van der Waals surface area contributed by atoms with Crippen LogP contribution in [0.5, 0.6) is 23.0 Å². The minimum atomic E-state index is -1.37. The Balaban J connectivity index is 1.82. The number of amides is 1. The highest BCUT2D eigenvalue weighted by Crippen LogP contribution is 2.58. The SMILES string of the molecule is NCC(=O)NCc1cc(O)cc2c1C1(OC(=O)c3ccccc31)c1ccc(O)cc1O2. The first-order chi connectivity index (χ1) is 14.9. The lowest BCUT2D eigenvalue weighted by molar-refractivity contribution is -0.119. The Kier molecular flexibility index (Phi) is 4.13. The summed E-state index contributed by atoms with van der Waals surface area (Å²) in [5.74, 6) is -0.457. The average molecular weight is 418 g/mol. The highest BCUT2D eigenvalue weighted by atomic mass is 16.6. The molecular formula is C23H18N2O6. The molecule has 8 heteroatoms. The van der Waals surface area contributed by atoms with Gasteiger partial charge in [-0.2, -0.15) is 0 Å². The topological polar surface area (TPSA) is 131 Å². The van der Waals surface area contributed by atoms with Gasteiger partial charge >= 0.3 is 5.97 Å². The van der Waals surface area contributed by atoms with E-state index in [1.54, 1.807) is 30.3 Å². The first-order valence-corrected chi connectivity index (χ1v) is 9.61. The molecule has 0 aliphatic carbocycles. The van der Waals surface area contributed by atoms with E-state index < -0.39 is 11.6 Å². The van der Waals surface area contributed by atoms with Gasteiger partial charge in [-0.1, -0.05) is 18.2 Å². The van der Waals surface area contributed by atoms with Crippen molar-refractivity contribution < 1.29 is 29.3 Å². The van der Waals surface area contributed by atoms with Crippen molar-refractivity contribution in [2.45, 2.75) is 12.1 Å². The smallest absolute Gasteiger partial charge is 0.340 e. The molecule has 31 heavy (non-hydrogen) atoms. The van der Waals surface area contributed by atoms with Crippen molar-refractivity contribution >= 4 is 11.9 Å². The van der Waals surface area contributed by atoms with Crippen molar-refractivity contribution in [3.63, 3.8) is 0 Å². The number of phenols is 2. The molecule has 0 fully saturated rings. The average Bonchev–Trinajstić information content (AvgIpc) is 3.04. The van der Waals surface area contributed by atoms with Gasteiger partial charge in [0.15, 0.2) is 5.60 Å². The summed E-state index contributed by atoms with van der Waals surface area (Å²) in [7, 11) is 0. The van der Waals surface area contributed by atoms with Crippen LogP contribution in [0.2, 0.25) is 0 Å². The van der Waals surface area contributed by atoms with Crippen molar-refractivity contribution in [2.75, 3.05) is 6.54 Å². The fourth-order valence-electron chi connectivity index (χ4n) is 4.28. The summed E-state index contributed by atoms with van der Waals surface area (Å²) in [6.07, 6.45) is 0. The number of nitrogens with one attached hydrogen (secondary N) is 1. The fraction of sp³-hybridized carbons (Fsp3) is 0.130. The molecule has 2 aliphatic heterocycles. The Morgan fingerprint density at radius 3 is 2.58 bits per heavy atom. The van der Waals surface area contributed by atoms with Gasteiger partial charge in [0.05, 0.1) is 17.7 Å². The van der Waals surface area contributed by atoms with Gasteiger partial charge in [-0.15, -0.1) is 0 Å². The van der Waals surface area contributed by atoms with Gasteiger partial charge in [0.2, 0.25) is 5.91 Å². The lowest BCUT2D eigenvalue weighted by Crippen LogP contribution is -2.36. The second-order valence-electron chi connectivity index (χ2n) is 7.36. The summed E-state index contributed by atoms with van der Waals surface area (Å²) in [6, 6.07) is 14.5. The zero-order valence-corrected chi connectivity index (χ0v) is 16.2.